The molecule has 3 rings (SSSR count). The van der Waals surface area contributed by atoms with Crippen molar-refractivity contribution in [2.24, 2.45) is 0 Å². The summed E-state index contributed by atoms with van der Waals surface area (Å²) < 4.78 is 31.7. The van der Waals surface area contributed by atoms with Crippen LogP contribution in [0.5, 0.6) is 0 Å². The highest BCUT2D eigenvalue weighted by Gasteiger charge is 2.18. The molecule has 0 saturated heterocycles. The zero-order valence-electron chi connectivity index (χ0n) is 14.6. The number of hydrogen-bond donors (Lipinski definition) is 2. The van der Waals surface area contributed by atoms with Crippen molar-refractivity contribution < 1.29 is 27.9 Å². The van der Waals surface area contributed by atoms with E-state index in [2.05, 4.69) is 10.6 Å². The summed E-state index contributed by atoms with van der Waals surface area (Å²) in [5, 5.41) is 5.59. The Balaban J connectivity index is 1.48. The third kappa shape index (κ3) is 5.27. The number of amides is 2. The Hall–Kier alpha value is -3.04. The molecule has 2 aromatic carbocycles. The number of rotatable bonds is 6. The lowest BCUT2D eigenvalue weighted by Crippen LogP contribution is -2.32. The van der Waals surface area contributed by atoms with Crippen LogP contribution in [-0.2, 0) is 14.3 Å². The van der Waals surface area contributed by atoms with E-state index in [0.29, 0.717) is 6.07 Å². The molecule has 0 fully saturated rings. The Morgan fingerprint density at radius 1 is 1.07 bits per heavy atom. The van der Waals surface area contributed by atoms with Crippen LogP contribution in [0.1, 0.15) is 9.67 Å². The first kappa shape index (κ1) is 20.7. The quantitative estimate of drug-likeness (QED) is 0.574. The van der Waals surface area contributed by atoms with Gasteiger partial charge in [0.25, 0.3) is 11.8 Å². The summed E-state index contributed by atoms with van der Waals surface area (Å²) in [6.07, 6.45) is 0. The predicted octanol–water partition coefficient (Wildman–Crippen LogP) is 3.74. The number of carbonyl (C=O) groups is 3. The molecule has 0 aliphatic heterocycles. The van der Waals surface area contributed by atoms with Gasteiger partial charge in [0.2, 0.25) is 0 Å². The largest absolute Gasteiger partial charge is 0.454 e. The molecule has 0 spiro atoms. The summed E-state index contributed by atoms with van der Waals surface area (Å²) >= 11 is 7.38. The van der Waals surface area contributed by atoms with Crippen LogP contribution in [-0.4, -0.2) is 30.9 Å². The van der Waals surface area contributed by atoms with E-state index >= 15 is 0 Å². The average molecular weight is 439 g/mol. The van der Waals surface area contributed by atoms with E-state index < -0.39 is 42.6 Å². The highest BCUT2D eigenvalue weighted by molar-refractivity contribution is 7.21. The Morgan fingerprint density at radius 3 is 2.45 bits per heavy atom. The van der Waals surface area contributed by atoms with Crippen molar-refractivity contribution in [2.75, 3.05) is 18.5 Å². The van der Waals surface area contributed by atoms with E-state index in [1.807, 2.05) is 12.1 Å². The number of hydrogen-bond acceptors (Lipinski definition) is 5. The van der Waals surface area contributed by atoms with E-state index in [0.717, 1.165) is 22.2 Å². The summed E-state index contributed by atoms with van der Waals surface area (Å²) in [6, 6.07) is 9.69. The highest BCUT2D eigenvalue weighted by Crippen LogP contribution is 2.34. The van der Waals surface area contributed by atoms with Gasteiger partial charge in [0.1, 0.15) is 23.1 Å². The van der Waals surface area contributed by atoms with Gasteiger partial charge >= 0.3 is 5.97 Å². The molecule has 0 aliphatic rings. The van der Waals surface area contributed by atoms with Gasteiger partial charge < -0.3 is 15.4 Å². The van der Waals surface area contributed by atoms with Crippen LogP contribution in [0.25, 0.3) is 10.1 Å². The summed E-state index contributed by atoms with van der Waals surface area (Å²) in [6.45, 7) is -1.16. The van der Waals surface area contributed by atoms with Crippen LogP contribution in [0.15, 0.2) is 42.5 Å². The molecule has 6 nitrogen and oxygen atoms in total. The molecular weight excluding hydrogens is 426 g/mol. The van der Waals surface area contributed by atoms with Gasteiger partial charge in [-0.15, -0.1) is 11.3 Å². The number of carbonyl (C=O) groups excluding carboxylic acids is 3. The average Bonchev–Trinajstić information content (AvgIpc) is 3.01. The van der Waals surface area contributed by atoms with Crippen LogP contribution in [0.4, 0.5) is 14.5 Å². The first-order chi connectivity index (χ1) is 13.8. The summed E-state index contributed by atoms with van der Waals surface area (Å²) in [7, 11) is 0. The number of esters is 1. The van der Waals surface area contributed by atoms with Crippen molar-refractivity contribution >= 4 is 56.5 Å². The first-order valence-corrected chi connectivity index (χ1v) is 9.39. The minimum Gasteiger partial charge on any atom is -0.454 e. The molecule has 0 aliphatic carbocycles. The van der Waals surface area contributed by atoms with Gasteiger partial charge in [0.15, 0.2) is 6.61 Å². The van der Waals surface area contributed by atoms with E-state index in [9.17, 15) is 23.2 Å². The zero-order chi connectivity index (χ0) is 21.0. The molecule has 1 aromatic heterocycles. The summed E-state index contributed by atoms with van der Waals surface area (Å²) in [4.78, 5) is 35.9. The molecule has 0 bridgehead atoms. The maximum Gasteiger partial charge on any atom is 0.325 e. The normalized spacial score (nSPS) is 10.6. The molecule has 0 saturated carbocycles. The third-order valence-corrected chi connectivity index (χ3v) is 5.32. The highest BCUT2D eigenvalue weighted by atomic mass is 35.5. The lowest BCUT2D eigenvalue weighted by Gasteiger charge is -2.07. The standard InChI is InChI=1S/C19H13ClF2N2O4S/c20-17-13-3-1-2-4-14(13)29-18(17)19(27)23-8-16(26)28-9-15(25)24-12-6-10(21)5-11(22)7-12/h1-7H,8-9H2,(H,23,27)(H,24,25). The van der Waals surface area contributed by atoms with Gasteiger partial charge in [0, 0.05) is 21.8 Å². The second-order valence-electron chi connectivity index (χ2n) is 5.79. The summed E-state index contributed by atoms with van der Waals surface area (Å²) in [5.74, 6) is -3.92. The first-order valence-electron chi connectivity index (χ1n) is 8.20. The van der Waals surface area contributed by atoms with Crippen LogP contribution in [0.2, 0.25) is 5.02 Å². The molecule has 2 N–H and O–H groups in total. The van der Waals surface area contributed by atoms with Crippen LogP contribution >= 0.6 is 22.9 Å². The van der Waals surface area contributed by atoms with Gasteiger partial charge in [-0.1, -0.05) is 29.8 Å². The fourth-order valence-electron chi connectivity index (χ4n) is 2.41. The van der Waals surface area contributed by atoms with Crippen molar-refractivity contribution in [1.29, 1.82) is 0 Å². The predicted molar refractivity (Wildman–Crippen MR) is 105 cm³/mol. The smallest absolute Gasteiger partial charge is 0.325 e. The molecule has 10 heteroatoms. The van der Waals surface area contributed by atoms with Gasteiger partial charge in [-0.05, 0) is 18.2 Å². The Labute approximate surface area is 172 Å². The molecular formula is C19H13ClF2N2O4S. The zero-order valence-corrected chi connectivity index (χ0v) is 16.2. The third-order valence-electron chi connectivity index (χ3n) is 3.64. The van der Waals surface area contributed by atoms with Crippen LogP contribution < -0.4 is 10.6 Å². The lowest BCUT2D eigenvalue weighted by atomic mass is 10.2. The number of fused-ring (bicyclic) bond motifs is 1. The SMILES string of the molecule is O=C(COC(=O)CNC(=O)c1sc2ccccc2c1Cl)Nc1cc(F)cc(F)c1. The van der Waals surface area contributed by atoms with E-state index in [1.165, 1.54) is 11.3 Å². The molecule has 2 amide bonds. The van der Waals surface area contributed by atoms with Gasteiger partial charge in [-0.25, -0.2) is 8.78 Å². The maximum atomic E-state index is 13.1. The number of halogens is 3. The van der Waals surface area contributed by atoms with Crippen LogP contribution in [0.3, 0.4) is 0 Å². The fraction of sp³-hybridized carbons (Fsp3) is 0.105. The van der Waals surface area contributed by atoms with Crippen LogP contribution in [0, 0.1) is 11.6 Å². The Bertz CT molecular complexity index is 1080. The number of nitrogens with one attached hydrogen (secondary N) is 2. The van der Waals surface area contributed by atoms with E-state index in [4.69, 9.17) is 16.3 Å². The minimum absolute atomic E-state index is 0.115. The Kier molecular flexibility index (Phi) is 6.40. The maximum absolute atomic E-state index is 13.1. The molecule has 29 heavy (non-hydrogen) atoms. The molecule has 1 heterocycles. The van der Waals surface area contributed by atoms with Gasteiger partial charge in [-0.3, -0.25) is 14.4 Å². The lowest BCUT2D eigenvalue weighted by molar-refractivity contribution is -0.146. The molecule has 0 radical (unpaired) electrons. The number of benzene rings is 2. The Morgan fingerprint density at radius 2 is 1.76 bits per heavy atom. The van der Waals surface area contributed by atoms with Gasteiger partial charge in [-0.2, -0.15) is 0 Å². The fourth-order valence-corrected chi connectivity index (χ4v) is 3.85. The van der Waals surface area contributed by atoms with Gasteiger partial charge in [0.05, 0.1) is 5.02 Å². The molecule has 150 valence electrons. The second-order valence-corrected chi connectivity index (χ2v) is 7.22. The number of ether oxygens (including phenoxy) is 1. The molecule has 3 aromatic rings. The van der Waals surface area contributed by atoms with E-state index in [-0.39, 0.29) is 15.6 Å². The van der Waals surface area contributed by atoms with Crippen molar-refractivity contribution in [3.8, 4) is 0 Å². The molecule has 0 unspecified atom stereocenters. The van der Waals surface area contributed by atoms with Crippen molar-refractivity contribution in [3.05, 3.63) is 64.0 Å². The summed E-state index contributed by atoms with van der Waals surface area (Å²) in [5.41, 5.74) is -0.115. The number of anilines is 1. The second kappa shape index (κ2) is 8.97. The molecule has 0 atom stereocenters. The minimum atomic E-state index is -0.865. The topological polar surface area (TPSA) is 84.5 Å². The monoisotopic (exact) mass is 438 g/mol. The van der Waals surface area contributed by atoms with E-state index in [1.54, 1.807) is 12.1 Å². The van der Waals surface area contributed by atoms with Crippen molar-refractivity contribution in [1.82, 2.24) is 5.32 Å². The van der Waals surface area contributed by atoms with Crippen molar-refractivity contribution in [3.63, 3.8) is 0 Å². The van der Waals surface area contributed by atoms with Crippen molar-refractivity contribution in [2.45, 2.75) is 0 Å². The number of thiophene rings is 1.